The highest BCUT2D eigenvalue weighted by Crippen LogP contribution is 2.25. The highest BCUT2D eigenvalue weighted by Gasteiger charge is 2.28. The number of rotatable bonds is 6. The predicted octanol–water partition coefficient (Wildman–Crippen LogP) is 2.02. The second-order valence-electron chi connectivity index (χ2n) is 3.90. The summed E-state index contributed by atoms with van der Waals surface area (Å²) in [6.07, 6.45) is 1.58. The normalized spacial score (nSPS) is 11.7. The molecule has 1 rings (SSSR count). The standard InChI is InChI=1S/C11H16N2O4S/c1-3-4-9-12(2)18(16,17)11-8-6-5-7-10(11)13(14)15/h5-8H,3-4,9H2,1-2H3. The van der Waals surface area contributed by atoms with Gasteiger partial charge in [0.2, 0.25) is 10.0 Å². The fourth-order valence-electron chi connectivity index (χ4n) is 1.49. The number of unbranched alkanes of at least 4 members (excludes halogenated alkanes) is 1. The lowest BCUT2D eigenvalue weighted by molar-refractivity contribution is -0.387. The Morgan fingerprint density at radius 3 is 2.50 bits per heavy atom. The Labute approximate surface area is 106 Å². The first-order valence-electron chi connectivity index (χ1n) is 5.61. The van der Waals surface area contributed by atoms with Gasteiger partial charge in [0.25, 0.3) is 5.69 Å². The molecule has 18 heavy (non-hydrogen) atoms. The fourth-order valence-corrected chi connectivity index (χ4v) is 2.86. The molecule has 0 saturated heterocycles. The van der Waals surface area contributed by atoms with Crippen LogP contribution < -0.4 is 0 Å². The summed E-state index contributed by atoms with van der Waals surface area (Å²) >= 11 is 0. The number of hydrogen-bond donors (Lipinski definition) is 0. The third-order valence-corrected chi connectivity index (χ3v) is 4.48. The maximum atomic E-state index is 12.2. The molecule has 0 heterocycles. The van der Waals surface area contributed by atoms with Crippen LogP contribution >= 0.6 is 0 Å². The van der Waals surface area contributed by atoms with E-state index in [1.807, 2.05) is 6.92 Å². The van der Waals surface area contributed by atoms with Gasteiger partial charge in [-0.3, -0.25) is 10.1 Å². The zero-order valence-corrected chi connectivity index (χ0v) is 11.2. The Morgan fingerprint density at radius 2 is 1.94 bits per heavy atom. The molecule has 100 valence electrons. The van der Waals surface area contributed by atoms with E-state index in [1.165, 1.54) is 31.3 Å². The SMILES string of the molecule is CCCCN(C)S(=O)(=O)c1ccccc1[N+](=O)[O-]. The van der Waals surface area contributed by atoms with Crippen LogP contribution in [0.25, 0.3) is 0 Å². The Kier molecular flexibility index (Phi) is 4.80. The van der Waals surface area contributed by atoms with E-state index in [9.17, 15) is 18.5 Å². The average Bonchev–Trinajstić information content (AvgIpc) is 2.35. The largest absolute Gasteiger partial charge is 0.289 e. The molecule has 6 nitrogen and oxygen atoms in total. The van der Waals surface area contributed by atoms with E-state index in [0.29, 0.717) is 6.54 Å². The Morgan fingerprint density at radius 1 is 1.33 bits per heavy atom. The van der Waals surface area contributed by atoms with Crippen molar-refractivity contribution in [2.24, 2.45) is 0 Å². The first-order valence-corrected chi connectivity index (χ1v) is 7.05. The van der Waals surface area contributed by atoms with Gasteiger partial charge >= 0.3 is 0 Å². The highest BCUT2D eigenvalue weighted by molar-refractivity contribution is 7.89. The van der Waals surface area contributed by atoms with Crippen LogP contribution in [0.15, 0.2) is 29.2 Å². The quantitative estimate of drug-likeness (QED) is 0.586. The molecule has 0 aliphatic rings. The van der Waals surface area contributed by atoms with Gasteiger partial charge < -0.3 is 0 Å². The van der Waals surface area contributed by atoms with Crippen LogP contribution in [0.3, 0.4) is 0 Å². The molecule has 0 radical (unpaired) electrons. The minimum absolute atomic E-state index is 0.256. The number of sulfonamides is 1. The van der Waals surface area contributed by atoms with Crippen LogP contribution in [0.5, 0.6) is 0 Å². The number of hydrogen-bond acceptors (Lipinski definition) is 4. The van der Waals surface area contributed by atoms with Gasteiger partial charge in [-0.25, -0.2) is 12.7 Å². The Bertz CT molecular complexity index is 528. The molecule has 0 fully saturated rings. The molecule has 0 aromatic heterocycles. The lowest BCUT2D eigenvalue weighted by atomic mass is 10.3. The number of nitro benzene ring substituents is 1. The van der Waals surface area contributed by atoms with E-state index in [2.05, 4.69) is 0 Å². The maximum absolute atomic E-state index is 12.2. The van der Waals surface area contributed by atoms with Gasteiger partial charge in [-0.2, -0.15) is 0 Å². The summed E-state index contributed by atoms with van der Waals surface area (Å²) in [6, 6.07) is 5.38. The Balaban J connectivity index is 3.16. The van der Waals surface area contributed by atoms with E-state index in [0.717, 1.165) is 17.1 Å². The van der Waals surface area contributed by atoms with Crippen molar-refractivity contribution in [2.75, 3.05) is 13.6 Å². The van der Waals surface area contributed by atoms with Gasteiger partial charge in [0.05, 0.1) is 4.92 Å². The molecule has 0 aliphatic heterocycles. The van der Waals surface area contributed by atoms with E-state index in [4.69, 9.17) is 0 Å². The molecule has 1 aromatic carbocycles. The molecule has 0 atom stereocenters. The summed E-state index contributed by atoms with van der Waals surface area (Å²) in [5, 5.41) is 10.8. The average molecular weight is 272 g/mol. The van der Waals surface area contributed by atoms with E-state index in [1.54, 1.807) is 0 Å². The molecule has 1 aromatic rings. The molecule has 7 heteroatoms. The second kappa shape index (κ2) is 5.92. The van der Waals surface area contributed by atoms with E-state index < -0.39 is 14.9 Å². The molecule has 0 amide bonds. The van der Waals surface area contributed by atoms with Crippen molar-refractivity contribution in [2.45, 2.75) is 24.7 Å². The predicted molar refractivity (Wildman–Crippen MR) is 67.8 cm³/mol. The highest BCUT2D eigenvalue weighted by atomic mass is 32.2. The number of nitrogens with zero attached hydrogens (tertiary/aromatic N) is 2. The summed E-state index contributed by atoms with van der Waals surface area (Å²) in [6.45, 7) is 2.30. The van der Waals surface area contributed by atoms with Crippen LogP contribution in [0, 0.1) is 10.1 Å². The number of para-hydroxylation sites is 1. The van der Waals surface area contributed by atoms with Gasteiger partial charge in [0.15, 0.2) is 4.90 Å². The maximum Gasteiger partial charge on any atom is 0.289 e. The van der Waals surface area contributed by atoms with Crippen molar-refractivity contribution in [3.05, 3.63) is 34.4 Å². The van der Waals surface area contributed by atoms with Gasteiger partial charge in [-0.05, 0) is 12.5 Å². The zero-order chi connectivity index (χ0) is 13.8. The first kappa shape index (κ1) is 14.6. The molecule has 0 N–H and O–H groups in total. The van der Waals surface area contributed by atoms with Crippen LogP contribution in [-0.2, 0) is 10.0 Å². The summed E-state index contributed by atoms with van der Waals surface area (Å²) in [4.78, 5) is 9.89. The minimum atomic E-state index is -3.80. The van der Waals surface area contributed by atoms with Crippen LogP contribution in [0.2, 0.25) is 0 Å². The van der Waals surface area contributed by atoms with Crippen LogP contribution in [0.4, 0.5) is 5.69 Å². The molecule has 0 spiro atoms. The number of nitro groups is 1. The van der Waals surface area contributed by atoms with Crippen molar-refractivity contribution in [3.8, 4) is 0 Å². The molecular formula is C11H16N2O4S. The molecule has 0 aliphatic carbocycles. The monoisotopic (exact) mass is 272 g/mol. The molecule has 0 unspecified atom stereocenters. The third kappa shape index (κ3) is 3.05. The zero-order valence-electron chi connectivity index (χ0n) is 10.4. The summed E-state index contributed by atoms with van der Waals surface area (Å²) in [7, 11) is -2.36. The van der Waals surface area contributed by atoms with Crippen molar-refractivity contribution in [1.82, 2.24) is 4.31 Å². The van der Waals surface area contributed by atoms with Gasteiger partial charge in [0, 0.05) is 19.7 Å². The molecular weight excluding hydrogens is 256 g/mol. The summed E-state index contributed by atoms with van der Waals surface area (Å²) in [5.74, 6) is 0. The van der Waals surface area contributed by atoms with E-state index in [-0.39, 0.29) is 10.6 Å². The smallest absolute Gasteiger partial charge is 0.258 e. The lowest BCUT2D eigenvalue weighted by Gasteiger charge is -2.16. The number of benzene rings is 1. The third-order valence-electron chi connectivity index (χ3n) is 2.58. The van der Waals surface area contributed by atoms with Crippen molar-refractivity contribution >= 4 is 15.7 Å². The van der Waals surface area contributed by atoms with Crippen LogP contribution in [-0.4, -0.2) is 31.2 Å². The molecule has 0 bridgehead atoms. The van der Waals surface area contributed by atoms with Crippen molar-refractivity contribution in [1.29, 1.82) is 0 Å². The van der Waals surface area contributed by atoms with Crippen LogP contribution in [0.1, 0.15) is 19.8 Å². The van der Waals surface area contributed by atoms with Crippen molar-refractivity contribution in [3.63, 3.8) is 0 Å². The second-order valence-corrected chi connectivity index (χ2v) is 5.92. The van der Waals surface area contributed by atoms with Gasteiger partial charge in [-0.15, -0.1) is 0 Å². The summed E-state index contributed by atoms with van der Waals surface area (Å²) < 4.78 is 25.5. The van der Waals surface area contributed by atoms with E-state index >= 15 is 0 Å². The van der Waals surface area contributed by atoms with Gasteiger partial charge in [-0.1, -0.05) is 25.5 Å². The Hall–Kier alpha value is -1.47. The van der Waals surface area contributed by atoms with Crippen molar-refractivity contribution < 1.29 is 13.3 Å². The minimum Gasteiger partial charge on any atom is -0.258 e. The first-order chi connectivity index (χ1) is 8.41. The molecule has 0 saturated carbocycles. The van der Waals surface area contributed by atoms with Gasteiger partial charge in [0.1, 0.15) is 0 Å². The topological polar surface area (TPSA) is 80.5 Å². The summed E-state index contributed by atoms with van der Waals surface area (Å²) in [5.41, 5.74) is -0.388. The lowest BCUT2D eigenvalue weighted by Crippen LogP contribution is -2.28. The fraction of sp³-hybridized carbons (Fsp3) is 0.455.